The molecule has 4 rings (SSSR count). The Bertz CT molecular complexity index is 1010. The number of hydrogen-bond donors (Lipinski definition) is 0. The predicted molar refractivity (Wildman–Crippen MR) is 114 cm³/mol. The van der Waals surface area contributed by atoms with Gasteiger partial charge in [-0.2, -0.15) is 5.26 Å². The van der Waals surface area contributed by atoms with E-state index in [4.69, 9.17) is 23.2 Å². The summed E-state index contributed by atoms with van der Waals surface area (Å²) >= 11 is 13.8. The predicted octanol–water partition coefficient (Wildman–Crippen LogP) is 5.52. The van der Waals surface area contributed by atoms with E-state index in [0.717, 1.165) is 21.8 Å². The van der Waals surface area contributed by atoms with Gasteiger partial charge in [0.2, 0.25) is 5.91 Å². The highest BCUT2D eigenvalue weighted by atomic mass is 35.5. The number of carbonyl (C=O) groups excluding carboxylic acids is 1. The third-order valence-corrected chi connectivity index (χ3v) is 6.96. The van der Waals surface area contributed by atoms with Crippen molar-refractivity contribution in [3.05, 3.63) is 74.2 Å². The van der Waals surface area contributed by atoms with Crippen LogP contribution in [0.3, 0.4) is 0 Å². The summed E-state index contributed by atoms with van der Waals surface area (Å²) in [5.41, 5.74) is 3.58. The topological polar surface area (TPSA) is 47.3 Å². The normalized spacial score (nSPS) is 19.5. The van der Waals surface area contributed by atoms with Gasteiger partial charge in [0.1, 0.15) is 0 Å². The maximum absolute atomic E-state index is 13.0. The van der Waals surface area contributed by atoms with Crippen LogP contribution in [0.4, 0.5) is 5.69 Å². The van der Waals surface area contributed by atoms with Crippen molar-refractivity contribution in [1.82, 2.24) is 4.90 Å². The van der Waals surface area contributed by atoms with Gasteiger partial charge >= 0.3 is 0 Å². The van der Waals surface area contributed by atoms with Crippen LogP contribution in [0.1, 0.15) is 23.5 Å². The van der Waals surface area contributed by atoms with Crippen LogP contribution in [-0.4, -0.2) is 23.4 Å². The molecule has 0 saturated carbocycles. The maximum Gasteiger partial charge on any atom is 0.229 e. The van der Waals surface area contributed by atoms with E-state index in [9.17, 15) is 10.1 Å². The number of hydrogen-bond acceptors (Lipinski definition) is 4. The van der Waals surface area contributed by atoms with Crippen molar-refractivity contribution in [2.45, 2.75) is 19.3 Å². The summed E-state index contributed by atoms with van der Waals surface area (Å²) < 4.78 is 0. The highest BCUT2D eigenvalue weighted by molar-refractivity contribution is 8.03. The van der Waals surface area contributed by atoms with Crippen molar-refractivity contribution in [3.8, 4) is 6.07 Å². The Labute approximate surface area is 178 Å². The number of carbonyl (C=O) groups is 1. The number of nitrogens with zero attached hydrogens (tertiary/aromatic N) is 3. The molecule has 1 amide bonds. The number of thioether (sulfide) groups is 1. The molecule has 2 aromatic carbocycles. The SMILES string of the molecule is Cc1c(Cl)cccc1N1CSC2=C(C#N)[C@@H](c3ccc(Cl)cc3)CC(=O)N2C1. The molecule has 0 aromatic heterocycles. The lowest BCUT2D eigenvalue weighted by atomic mass is 9.86. The zero-order chi connectivity index (χ0) is 19.8. The average Bonchev–Trinajstić information content (AvgIpc) is 2.70. The summed E-state index contributed by atoms with van der Waals surface area (Å²) in [6.07, 6.45) is 0.275. The first-order valence-corrected chi connectivity index (χ1v) is 10.6. The molecule has 0 N–H and O–H groups in total. The number of benzene rings is 2. The molecule has 1 fully saturated rings. The molecule has 4 nitrogen and oxygen atoms in total. The Kier molecular flexibility index (Phi) is 5.29. The zero-order valence-corrected chi connectivity index (χ0v) is 17.5. The molecule has 7 heteroatoms. The first-order valence-electron chi connectivity index (χ1n) is 8.82. The number of allylic oxidation sites excluding steroid dienone is 1. The Hall–Kier alpha value is -2.13. The third kappa shape index (κ3) is 3.37. The fraction of sp³-hybridized carbons (Fsp3) is 0.238. The van der Waals surface area contributed by atoms with E-state index in [1.165, 1.54) is 11.8 Å². The van der Waals surface area contributed by atoms with Gasteiger partial charge in [0.15, 0.2) is 0 Å². The van der Waals surface area contributed by atoms with Crippen LogP contribution in [0.5, 0.6) is 0 Å². The molecule has 2 heterocycles. The van der Waals surface area contributed by atoms with Gasteiger partial charge in [-0.3, -0.25) is 9.69 Å². The van der Waals surface area contributed by atoms with Gasteiger partial charge in [-0.25, -0.2) is 0 Å². The summed E-state index contributed by atoms with van der Waals surface area (Å²) in [4.78, 5) is 16.8. The lowest BCUT2D eigenvalue weighted by Crippen LogP contribution is -2.47. The molecule has 1 atom stereocenters. The molecule has 2 aliphatic rings. The molecule has 142 valence electrons. The molecule has 2 aromatic rings. The van der Waals surface area contributed by atoms with Crippen molar-refractivity contribution < 1.29 is 4.79 Å². The second kappa shape index (κ2) is 7.71. The fourth-order valence-electron chi connectivity index (χ4n) is 3.63. The minimum absolute atomic E-state index is 0.0193. The molecule has 0 unspecified atom stereocenters. The summed E-state index contributed by atoms with van der Waals surface area (Å²) in [6, 6.07) is 15.5. The number of rotatable bonds is 2. The molecule has 0 bridgehead atoms. The summed E-state index contributed by atoms with van der Waals surface area (Å²) in [7, 11) is 0. The van der Waals surface area contributed by atoms with Crippen molar-refractivity contribution in [2.24, 2.45) is 0 Å². The molecule has 2 aliphatic heterocycles. The summed E-state index contributed by atoms with van der Waals surface area (Å²) in [6.45, 7) is 2.39. The largest absolute Gasteiger partial charge is 0.343 e. The number of amides is 1. The van der Waals surface area contributed by atoms with Crippen LogP contribution in [0.25, 0.3) is 0 Å². The quantitative estimate of drug-likeness (QED) is 0.630. The number of halogens is 2. The van der Waals surface area contributed by atoms with E-state index in [2.05, 4.69) is 11.0 Å². The van der Waals surface area contributed by atoms with Crippen LogP contribution in [0, 0.1) is 18.3 Å². The lowest BCUT2D eigenvalue weighted by Gasteiger charge is -2.42. The molecule has 1 saturated heterocycles. The molecule has 28 heavy (non-hydrogen) atoms. The van der Waals surface area contributed by atoms with E-state index in [1.54, 1.807) is 17.0 Å². The summed E-state index contributed by atoms with van der Waals surface area (Å²) in [5.74, 6) is 0.442. The Morgan fingerprint density at radius 1 is 1.18 bits per heavy atom. The second-order valence-electron chi connectivity index (χ2n) is 6.80. The second-order valence-corrected chi connectivity index (χ2v) is 8.58. The van der Waals surface area contributed by atoms with Gasteiger partial charge in [0, 0.05) is 28.1 Å². The number of fused-ring (bicyclic) bond motifs is 1. The van der Waals surface area contributed by atoms with Crippen molar-refractivity contribution in [3.63, 3.8) is 0 Å². The minimum atomic E-state index is -0.229. The molecular formula is C21H17Cl2N3OS. The Morgan fingerprint density at radius 2 is 1.93 bits per heavy atom. The highest BCUT2D eigenvalue weighted by Gasteiger charge is 2.38. The van der Waals surface area contributed by atoms with Gasteiger partial charge in [0.25, 0.3) is 0 Å². The molecule has 0 spiro atoms. The van der Waals surface area contributed by atoms with Crippen LogP contribution in [0.2, 0.25) is 10.0 Å². The lowest BCUT2D eigenvalue weighted by molar-refractivity contribution is -0.129. The average molecular weight is 430 g/mol. The fourth-order valence-corrected chi connectivity index (χ4v) is 5.09. The monoisotopic (exact) mass is 429 g/mol. The number of anilines is 1. The van der Waals surface area contributed by atoms with Crippen LogP contribution >= 0.6 is 35.0 Å². The maximum atomic E-state index is 13.0. The Balaban J connectivity index is 1.68. The van der Waals surface area contributed by atoms with E-state index >= 15 is 0 Å². The van der Waals surface area contributed by atoms with Crippen molar-refractivity contribution in [2.75, 3.05) is 17.4 Å². The van der Waals surface area contributed by atoms with Crippen molar-refractivity contribution in [1.29, 1.82) is 5.26 Å². The first kappa shape index (κ1) is 19.2. The minimum Gasteiger partial charge on any atom is -0.343 e. The third-order valence-electron chi connectivity index (χ3n) is 5.15. The highest BCUT2D eigenvalue weighted by Crippen LogP contribution is 2.44. The molecule has 0 aliphatic carbocycles. The van der Waals surface area contributed by atoms with E-state index in [1.807, 2.05) is 37.3 Å². The van der Waals surface area contributed by atoms with Crippen LogP contribution < -0.4 is 4.90 Å². The van der Waals surface area contributed by atoms with E-state index in [-0.39, 0.29) is 18.2 Å². The molecular weight excluding hydrogens is 413 g/mol. The standard InChI is InChI=1S/C21H17Cl2N3OS/c1-13-18(23)3-2-4-19(13)25-11-26-20(27)9-16(14-5-7-15(22)8-6-14)17(10-24)21(26)28-12-25/h2-8,16H,9,11-12H2,1H3/t16-/m1/s1. The van der Waals surface area contributed by atoms with Crippen LogP contribution in [0.15, 0.2) is 53.1 Å². The van der Waals surface area contributed by atoms with E-state index < -0.39 is 0 Å². The molecule has 0 radical (unpaired) electrons. The van der Waals surface area contributed by atoms with Crippen LogP contribution in [-0.2, 0) is 4.79 Å². The van der Waals surface area contributed by atoms with Gasteiger partial charge in [-0.05, 0) is 42.3 Å². The number of nitriles is 1. The van der Waals surface area contributed by atoms with E-state index in [0.29, 0.717) is 28.2 Å². The zero-order valence-electron chi connectivity index (χ0n) is 15.2. The van der Waals surface area contributed by atoms with Crippen molar-refractivity contribution >= 4 is 46.6 Å². The van der Waals surface area contributed by atoms with Gasteiger partial charge in [0.05, 0.1) is 29.2 Å². The smallest absolute Gasteiger partial charge is 0.229 e. The summed E-state index contributed by atoms with van der Waals surface area (Å²) in [5, 5.41) is 11.9. The van der Waals surface area contributed by atoms with Gasteiger partial charge < -0.3 is 4.90 Å². The van der Waals surface area contributed by atoms with Gasteiger partial charge in [-0.1, -0.05) is 53.2 Å². The van der Waals surface area contributed by atoms with Gasteiger partial charge in [-0.15, -0.1) is 0 Å². The first-order chi connectivity index (χ1) is 13.5. The Morgan fingerprint density at radius 3 is 2.64 bits per heavy atom.